The number of nitrogens with one attached hydrogen (secondary N) is 2. The Morgan fingerprint density at radius 2 is 1.76 bits per heavy atom. The van der Waals surface area contributed by atoms with E-state index in [9.17, 15) is 0 Å². The molecule has 2 aromatic rings. The van der Waals surface area contributed by atoms with Crippen LogP contribution in [0, 0.1) is 13.8 Å². The van der Waals surface area contributed by atoms with Crippen LogP contribution in [-0.4, -0.2) is 29.6 Å². The van der Waals surface area contributed by atoms with Crippen LogP contribution in [0.5, 0.6) is 0 Å². The first kappa shape index (κ1) is 17.9. The van der Waals surface area contributed by atoms with Crippen LogP contribution < -0.4 is 10.6 Å². The summed E-state index contributed by atoms with van der Waals surface area (Å²) in [6.45, 7) is 7.39. The van der Waals surface area contributed by atoms with E-state index >= 15 is 0 Å². The SMILES string of the molecule is Cc1cccc(NC(=S)NC[C@@H](c2ccccc2)N2CCCC2)c1C. The van der Waals surface area contributed by atoms with E-state index in [1.54, 1.807) is 0 Å². The van der Waals surface area contributed by atoms with Crippen molar-refractivity contribution in [2.24, 2.45) is 0 Å². The molecule has 0 aliphatic carbocycles. The van der Waals surface area contributed by atoms with Gasteiger partial charge in [-0.2, -0.15) is 0 Å². The molecule has 1 saturated heterocycles. The van der Waals surface area contributed by atoms with Crippen LogP contribution in [0.1, 0.15) is 35.6 Å². The molecule has 0 saturated carbocycles. The average Bonchev–Trinajstić information content (AvgIpc) is 3.14. The zero-order valence-electron chi connectivity index (χ0n) is 15.1. The molecule has 132 valence electrons. The highest BCUT2D eigenvalue weighted by molar-refractivity contribution is 7.80. The molecule has 0 bridgehead atoms. The number of aryl methyl sites for hydroxylation is 1. The van der Waals surface area contributed by atoms with Crippen LogP contribution in [0.2, 0.25) is 0 Å². The van der Waals surface area contributed by atoms with Crippen molar-refractivity contribution in [2.45, 2.75) is 32.7 Å². The lowest BCUT2D eigenvalue weighted by Gasteiger charge is -2.28. The van der Waals surface area contributed by atoms with Gasteiger partial charge in [-0.25, -0.2) is 0 Å². The molecular formula is C21H27N3S. The molecule has 25 heavy (non-hydrogen) atoms. The number of hydrogen-bond acceptors (Lipinski definition) is 2. The Bertz CT molecular complexity index is 708. The fourth-order valence-electron chi connectivity index (χ4n) is 3.43. The number of thiocarbonyl (C=S) groups is 1. The minimum atomic E-state index is 0.363. The summed E-state index contributed by atoms with van der Waals surface area (Å²) in [5.74, 6) is 0. The van der Waals surface area contributed by atoms with Crippen LogP contribution >= 0.6 is 12.2 Å². The van der Waals surface area contributed by atoms with Gasteiger partial charge in [-0.05, 0) is 74.8 Å². The first-order valence-electron chi connectivity index (χ1n) is 9.05. The molecule has 1 aliphatic heterocycles. The molecular weight excluding hydrogens is 326 g/mol. The normalized spacial score (nSPS) is 15.8. The highest BCUT2D eigenvalue weighted by Gasteiger charge is 2.23. The van der Waals surface area contributed by atoms with Crippen LogP contribution in [0.25, 0.3) is 0 Å². The number of rotatable bonds is 5. The van der Waals surface area contributed by atoms with Crippen molar-refractivity contribution in [3.63, 3.8) is 0 Å². The quantitative estimate of drug-likeness (QED) is 0.778. The van der Waals surface area contributed by atoms with Gasteiger partial charge >= 0.3 is 0 Å². The van der Waals surface area contributed by atoms with Gasteiger partial charge in [0, 0.05) is 12.2 Å². The molecule has 3 nitrogen and oxygen atoms in total. The largest absolute Gasteiger partial charge is 0.361 e. The van der Waals surface area contributed by atoms with Crippen molar-refractivity contribution in [3.8, 4) is 0 Å². The minimum absolute atomic E-state index is 0.363. The Hall–Kier alpha value is -1.91. The maximum absolute atomic E-state index is 5.54. The smallest absolute Gasteiger partial charge is 0.170 e. The average molecular weight is 354 g/mol. The minimum Gasteiger partial charge on any atom is -0.361 e. The molecule has 2 aromatic carbocycles. The van der Waals surface area contributed by atoms with Crippen molar-refractivity contribution in [1.29, 1.82) is 0 Å². The van der Waals surface area contributed by atoms with E-state index in [4.69, 9.17) is 12.2 Å². The van der Waals surface area contributed by atoms with E-state index in [0.29, 0.717) is 11.2 Å². The van der Waals surface area contributed by atoms with Gasteiger partial charge in [-0.1, -0.05) is 42.5 Å². The van der Waals surface area contributed by atoms with E-state index in [1.807, 2.05) is 0 Å². The summed E-state index contributed by atoms with van der Waals surface area (Å²) in [4.78, 5) is 2.56. The first-order valence-corrected chi connectivity index (χ1v) is 9.46. The van der Waals surface area contributed by atoms with E-state index in [-0.39, 0.29) is 0 Å². The summed E-state index contributed by atoms with van der Waals surface area (Å²) in [6, 6.07) is 17.4. The van der Waals surface area contributed by atoms with Gasteiger partial charge in [0.1, 0.15) is 0 Å². The Morgan fingerprint density at radius 3 is 2.48 bits per heavy atom. The zero-order chi connectivity index (χ0) is 17.6. The maximum Gasteiger partial charge on any atom is 0.170 e. The van der Waals surface area contributed by atoms with Crippen molar-refractivity contribution in [1.82, 2.24) is 10.2 Å². The second kappa shape index (κ2) is 8.45. The standard InChI is InChI=1S/C21H27N3S/c1-16-9-8-12-19(17(16)2)23-21(25)22-15-20(24-13-6-7-14-24)18-10-4-3-5-11-18/h3-5,8-12,20H,6-7,13-15H2,1-2H3,(H2,22,23,25)/t20-/m0/s1. The van der Waals surface area contributed by atoms with E-state index in [1.165, 1.54) is 42.6 Å². The molecule has 2 N–H and O–H groups in total. The second-order valence-corrected chi connectivity index (χ2v) is 7.16. The van der Waals surface area contributed by atoms with Crippen molar-refractivity contribution >= 4 is 23.0 Å². The molecule has 1 aliphatic rings. The Balaban J connectivity index is 1.64. The summed E-state index contributed by atoms with van der Waals surface area (Å²) in [6.07, 6.45) is 2.57. The predicted molar refractivity (Wildman–Crippen MR) is 110 cm³/mol. The number of nitrogens with zero attached hydrogens (tertiary/aromatic N) is 1. The lowest BCUT2D eigenvalue weighted by molar-refractivity contribution is 0.246. The summed E-state index contributed by atoms with van der Waals surface area (Å²) in [7, 11) is 0. The third-order valence-corrected chi connectivity index (χ3v) is 5.32. The molecule has 0 spiro atoms. The lowest BCUT2D eigenvalue weighted by atomic mass is 10.1. The predicted octanol–water partition coefficient (Wildman–Crippen LogP) is 4.43. The third kappa shape index (κ3) is 4.59. The number of likely N-dealkylation sites (tertiary alicyclic amines) is 1. The number of hydrogen-bond donors (Lipinski definition) is 2. The van der Waals surface area contributed by atoms with Gasteiger partial charge in [-0.3, -0.25) is 4.90 Å². The second-order valence-electron chi connectivity index (χ2n) is 6.75. The van der Waals surface area contributed by atoms with E-state index in [0.717, 1.165) is 12.2 Å². The lowest BCUT2D eigenvalue weighted by Crippen LogP contribution is -2.38. The highest BCUT2D eigenvalue weighted by atomic mass is 32.1. The Kier molecular flexibility index (Phi) is 6.05. The number of anilines is 1. The molecule has 1 fully saturated rings. The summed E-state index contributed by atoms with van der Waals surface area (Å²) < 4.78 is 0. The molecule has 0 radical (unpaired) electrons. The summed E-state index contributed by atoms with van der Waals surface area (Å²) in [5.41, 5.74) is 4.94. The van der Waals surface area contributed by atoms with E-state index in [2.05, 4.69) is 77.9 Å². The van der Waals surface area contributed by atoms with Crippen LogP contribution in [-0.2, 0) is 0 Å². The summed E-state index contributed by atoms with van der Waals surface area (Å²) in [5, 5.41) is 7.47. The van der Waals surface area contributed by atoms with Crippen LogP contribution in [0.3, 0.4) is 0 Å². The molecule has 0 aromatic heterocycles. The summed E-state index contributed by atoms with van der Waals surface area (Å²) >= 11 is 5.54. The molecule has 3 rings (SSSR count). The van der Waals surface area contributed by atoms with Crippen molar-refractivity contribution in [2.75, 3.05) is 25.0 Å². The van der Waals surface area contributed by atoms with Gasteiger partial charge < -0.3 is 10.6 Å². The van der Waals surface area contributed by atoms with Gasteiger partial charge in [0.05, 0.1) is 6.04 Å². The van der Waals surface area contributed by atoms with Gasteiger partial charge in [0.15, 0.2) is 5.11 Å². The molecule has 0 unspecified atom stereocenters. The zero-order valence-corrected chi connectivity index (χ0v) is 15.9. The Labute approximate surface area is 156 Å². The van der Waals surface area contributed by atoms with Crippen LogP contribution in [0.4, 0.5) is 5.69 Å². The molecule has 0 amide bonds. The van der Waals surface area contributed by atoms with Crippen molar-refractivity contribution in [3.05, 3.63) is 65.2 Å². The van der Waals surface area contributed by atoms with Crippen LogP contribution in [0.15, 0.2) is 48.5 Å². The molecule has 1 atom stereocenters. The van der Waals surface area contributed by atoms with Crippen molar-refractivity contribution < 1.29 is 0 Å². The third-order valence-electron chi connectivity index (χ3n) is 5.07. The fraction of sp³-hybridized carbons (Fsp3) is 0.381. The Morgan fingerprint density at radius 1 is 1.04 bits per heavy atom. The van der Waals surface area contributed by atoms with Gasteiger partial charge in [0.2, 0.25) is 0 Å². The molecule has 4 heteroatoms. The molecule has 1 heterocycles. The van der Waals surface area contributed by atoms with E-state index < -0.39 is 0 Å². The highest BCUT2D eigenvalue weighted by Crippen LogP contribution is 2.24. The monoisotopic (exact) mass is 353 g/mol. The number of benzene rings is 2. The van der Waals surface area contributed by atoms with Gasteiger partial charge in [0.25, 0.3) is 0 Å². The maximum atomic E-state index is 5.54. The fourth-order valence-corrected chi connectivity index (χ4v) is 3.62. The van der Waals surface area contributed by atoms with Gasteiger partial charge in [-0.15, -0.1) is 0 Å². The topological polar surface area (TPSA) is 27.3 Å². The first-order chi connectivity index (χ1) is 12.1.